The summed E-state index contributed by atoms with van der Waals surface area (Å²) >= 11 is 0. The van der Waals surface area contributed by atoms with Crippen molar-refractivity contribution in [2.75, 3.05) is 26.8 Å². The van der Waals surface area contributed by atoms with Gasteiger partial charge in [0.25, 0.3) is 0 Å². The van der Waals surface area contributed by atoms with Gasteiger partial charge in [0.1, 0.15) is 5.75 Å². The Hall–Kier alpha value is -1.02. The number of hydrogen-bond acceptors (Lipinski definition) is 3. The Kier molecular flexibility index (Phi) is 12.5. The molecule has 5 nitrogen and oxygen atoms in total. The molecule has 1 aromatic rings. The third-order valence-electron chi connectivity index (χ3n) is 4.39. The number of nitrogens with one attached hydrogen (secondary N) is 2. The minimum absolute atomic E-state index is 0. The molecular formula is C20H34IN3O2. The van der Waals surface area contributed by atoms with Gasteiger partial charge in [0, 0.05) is 38.9 Å². The average Bonchev–Trinajstić information content (AvgIpc) is 2.60. The van der Waals surface area contributed by atoms with Gasteiger partial charge in [-0.1, -0.05) is 31.5 Å². The number of ether oxygens (including phenoxy) is 2. The van der Waals surface area contributed by atoms with Crippen molar-refractivity contribution in [3.63, 3.8) is 0 Å². The lowest BCUT2D eigenvalue weighted by Gasteiger charge is -2.27. The highest BCUT2D eigenvalue weighted by Crippen LogP contribution is 2.27. The van der Waals surface area contributed by atoms with Crippen molar-refractivity contribution in [1.29, 1.82) is 0 Å². The van der Waals surface area contributed by atoms with Gasteiger partial charge in [-0.25, -0.2) is 0 Å². The highest BCUT2D eigenvalue weighted by molar-refractivity contribution is 14.0. The molecule has 2 N–H and O–H groups in total. The van der Waals surface area contributed by atoms with Gasteiger partial charge in [-0.2, -0.15) is 0 Å². The first-order valence-corrected chi connectivity index (χ1v) is 9.60. The van der Waals surface area contributed by atoms with Crippen LogP contribution in [0.2, 0.25) is 0 Å². The van der Waals surface area contributed by atoms with E-state index in [1.807, 2.05) is 6.07 Å². The van der Waals surface area contributed by atoms with Crippen molar-refractivity contribution in [2.45, 2.75) is 58.1 Å². The Morgan fingerprint density at radius 3 is 2.62 bits per heavy atom. The van der Waals surface area contributed by atoms with Crippen LogP contribution in [-0.2, 0) is 11.3 Å². The monoisotopic (exact) mass is 475 g/mol. The highest BCUT2D eigenvalue weighted by Gasteiger charge is 2.20. The minimum atomic E-state index is 0. The first-order chi connectivity index (χ1) is 12.3. The second-order valence-electron chi connectivity index (χ2n) is 6.45. The standard InChI is InChI=1S/C20H33N3O2.HI/c1-3-4-14-24-15-8-13-22-20(21-2)23-16-17-9-5-6-12-19(17)25-18-10-7-11-18;/h5-6,9,12,18H,3-4,7-8,10-11,13-16H2,1-2H3,(H2,21,22,23);1H. The van der Waals surface area contributed by atoms with Crippen molar-refractivity contribution >= 4 is 29.9 Å². The summed E-state index contributed by atoms with van der Waals surface area (Å²) in [5.41, 5.74) is 1.17. The van der Waals surface area contributed by atoms with Crippen LogP contribution in [0.3, 0.4) is 0 Å². The Balaban J connectivity index is 0.00000338. The van der Waals surface area contributed by atoms with E-state index in [0.29, 0.717) is 12.6 Å². The van der Waals surface area contributed by atoms with Crippen molar-refractivity contribution in [3.8, 4) is 5.75 Å². The van der Waals surface area contributed by atoms with Crippen molar-refractivity contribution in [2.24, 2.45) is 4.99 Å². The van der Waals surface area contributed by atoms with Crippen molar-refractivity contribution < 1.29 is 9.47 Å². The predicted molar refractivity (Wildman–Crippen MR) is 119 cm³/mol. The molecule has 2 rings (SSSR count). The number of nitrogens with zero attached hydrogens (tertiary/aromatic N) is 1. The predicted octanol–water partition coefficient (Wildman–Crippen LogP) is 4.11. The molecule has 0 saturated heterocycles. The van der Waals surface area contributed by atoms with Crippen LogP contribution in [-0.4, -0.2) is 38.9 Å². The second kappa shape index (κ2) is 14.1. The second-order valence-corrected chi connectivity index (χ2v) is 6.45. The summed E-state index contributed by atoms with van der Waals surface area (Å²) < 4.78 is 11.6. The number of aliphatic imine (C=N–C) groups is 1. The van der Waals surface area contributed by atoms with Gasteiger partial charge in [-0.05, 0) is 38.2 Å². The van der Waals surface area contributed by atoms with Gasteiger partial charge in [0.2, 0.25) is 0 Å². The van der Waals surface area contributed by atoms with Crippen LogP contribution in [0.15, 0.2) is 29.3 Å². The first kappa shape index (κ1) is 23.0. The molecule has 1 aliphatic carbocycles. The molecular weight excluding hydrogens is 441 g/mol. The summed E-state index contributed by atoms with van der Waals surface area (Å²) in [6.45, 7) is 5.39. The molecule has 26 heavy (non-hydrogen) atoms. The van der Waals surface area contributed by atoms with E-state index in [2.05, 4.69) is 40.7 Å². The van der Waals surface area contributed by atoms with Gasteiger partial charge in [0.05, 0.1) is 6.10 Å². The van der Waals surface area contributed by atoms with Crippen LogP contribution in [0.4, 0.5) is 0 Å². The maximum absolute atomic E-state index is 6.08. The molecule has 0 radical (unpaired) electrons. The van der Waals surface area contributed by atoms with Gasteiger partial charge >= 0.3 is 0 Å². The molecule has 1 aliphatic rings. The number of benzene rings is 1. The summed E-state index contributed by atoms with van der Waals surface area (Å²) in [5.74, 6) is 1.80. The molecule has 0 spiro atoms. The summed E-state index contributed by atoms with van der Waals surface area (Å²) in [6, 6.07) is 8.24. The fraction of sp³-hybridized carbons (Fsp3) is 0.650. The molecule has 0 heterocycles. The Morgan fingerprint density at radius 1 is 1.15 bits per heavy atom. The number of guanidine groups is 1. The zero-order valence-electron chi connectivity index (χ0n) is 16.1. The third kappa shape index (κ3) is 8.58. The lowest BCUT2D eigenvalue weighted by Crippen LogP contribution is -2.37. The molecule has 0 atom stereocenters. The van der Waals surface area contributed by atoms with E-state index in [1.165, 1.54) is 31.2 Å². The van der Waals surface area contributed by atoms with E-state index >= 15 is 0 Å². The molecule has 6 heteroatoms. The van der Waals surface area contributed by atoms with E-state index in [1.54, 1.807) is 7.05 Å². The fourth-order valence-electron chi connectivity index (χ4n) is 2.56. The van der Waals surface area contributed by atoms with Crippen molar-refractivity contribution in [1.82, 2.24) is 10.6 Å². The van der Waals surface area contributed by atoms with Gasteiger partial charge < -0.3 is 20.1 Å². The quantitative estimate of drug-likeness (QED) is 0.219. The fourth-order valence-corrected chi connectivity index (χ4v) is 2.56. The van der Waals surface area contributed by atoms with E-state index in [9.17, 15) is 0 Å². The Morgan fingerprint density at radius 2 is 1.92 bits per heavy atom. The minimum Gasteiger partial charge on any atom is -0.490 e. The molecule has 0 bridgehead atoms. The van der Waals surface area contributed by atoms with E-state index in [0.717, 1.165) is 44.3 Å². The Bertz CT molecular complexity index is 522. The molecule has 0 aromatic heterocycles. The molecule has 0 unspecified atom stereocenters. The molecule has 1 saturated carbocycles. The van der Waals surface area contributed by atoms with E-state index < -0.39 is 0 Å². The smallest absolute Gasteiger partial charge is 0.191 e. The summed E-state index contributed by atoms with van der Waals surface area (Å²) in [7, 11) is 1.80. The third-order valence-corrected chi connectivity index (χ3v) is 4.39. The maximum atomic E-state index is 6.08. The summed E-state index contributed by atoms with van der Waals surface area (Å²) in [4.78, 5) is 4.28. The molecule has 148 valence electrons. The summed E-state index contributed by atoms with van der Waals surface area (Å²) in [6.07, 6.45) is 7.32. The van der Waals surface area contributed by atoms with Crippen molar-refractivity contribution in [3.05, 3.63) is 29.8 Å². The van der Waals surface area contributed by atoms with E-state index in [-0.39, 0.29) is 24.0 Å². The maximum Gasteiger partial charge on any atom is 0.191 e. The number of unbranched alkanes of at least 4 members (excludes halogenated alkanes) is 1. The summed E-state index contributed by atoms with van der Waals surface area (Å²) in [5, 5.41) is 6.70. The van der Waals surface area contributed by atoms with Crippen LogP contribution in [0.5, 0.6) is 5.75 Å². The molecule has 1 aromatic carbocycles. The van der Waals surface area contributed by atoms with Crippen LogP contribution in [0.1, 0.15) is 51.0 Å². The zero-order chi connectivity index (χ0) is 17.7. The number of rotatable bonds is 11. The normalized spacial score (nSPS) is 14.3. The van der Waals surface area contributed by atoms with Crippen LogP contribution in [0.25, 0.3) is 0 Å². The number of hydrogen-bond donors (Lipinski definition) is 2. The average molecular weight is 475 g/mol. The largest absolute Gasteiger partial charge is 0.490 e. The Labute approximate surface area is 175 Å². The highest BCUT2D eigenvalue weighted by atomic mass is 127. The number of para-hydroxylation sites is 1. The molecule has 0 amide bonds. The van der Waals surface area contributed by atoms with Crippen LogP contribution < -0.4 is 15.4 Å². The molecule has 1 fully saturated rings. The first-order valence-electron chi connectivity index (χ1n) is 9.60. The molecule has 0 aliphatic heterocycles. The zero-order valence-corrected chi connectivity index (χ0v) is 18.5. The lowest BCUT2D eigenvalue weighted by molar-refractivity contribution is 0.119. The SMILES string of the molecule is CCCCOCCCNC(=NC)NCc1ccccc1OC1CCC1.I. The lowest BCUT2D eigenvalue weighted by atomic mass is 9.96. The number of halogens is 1. The van der Waals surface area contributed by atoms with Gasteiger partial charge in [-0.3, -0.25) is 4.99 Å². The van der Waals surface area contributed by atoms with Crippen LogP contribution >= 0.6 is 24.0 Å². The van der Waals surface area contributed by atoms with Gasteiger partial charge in [-0.15, -0.1) is 24.0 Å². The topological polar surface area (TPSA) is 54.9 Å². The van der Waals surface area contributed by atoms with Gasteiger partial charge in [0.15, 0.2) is 5.96 Å². The van der Waals surface area contributed by atoms with E-state index in [4.69, 9.17) is 9.47 Å². The van der Waals surface area contributed by atoms with Crippen LogP contribution in [0, 0.1) is 0 Å².